The maximum absolute atomic E-state index is 12.6. The average Bonchev–Trinajstić information content (AvgIpc) is 3.11. The van der Waals surface area contributed by atoms with Crippen LogP contribution < -0.4 is 4.74 Å². The van der Waals surface area contributed by atoms with Crippen molar-refractivity contribution in [3.63, 3.8) is 0 Å². The zero-order valence-corrected chi connectivity index (χ0v) is 16.1. The number of rotatable bonds is 6. The maximum atomic E-state index is 12.6. The van der Waals surface area contributed by atoms with E-state index in [0.717, 1.165) is 5.56 Å². The maximum Gasteiger partial charge on any atom is 0.263 e. The molecule has 7 heteroatoms. The van der Waals surface area contributed by atoms with Crippen molar-refractivity contribution in [2.45, 2.75) is 26.5 Å². The molecule has 0 saturated heterocycles. The zero-order valence-electron chi connectivity index (χ0n) is 15.3. The Labute approximate surface area is 162 Å². The Bertz CT molecular complexity index is 941. The largest absolute Gasteiger partial charge is 0.481 e. The number of aryl methyl sites for hydroxylation is 1. The smallest absolute Gasteiger partial charge is 0.263 e. The van der Waals surface area contributed by atoms with Crippen LogP contribution in [-0.4, -0.2) is 34.1 Å². The monoisotopic (exact) mass is 385 g/mol. The number of carbonyl (C=O) groups is 1. The number of benzene rings is 2. The predicted molar refractivity (Wildman–Crippen MR) is 102 cm³/mol. The fraction of sp³-hybridized carbons (Fsp3) is 0.250. The van der Waals surface area contributed by atoms with Crippen LogP contribution in [0.1, 0.15) is 18.4 Å². The van der Waals surface area contributed by atoms with E-state index in [1.165, 1.54) is 4.90 Å². The van der Waals surface area contributed by atoms with Gasteiger partial charge < -0.3 is 14.2 Å². The highest BCUT2D eigenvalue weighted by Gasteiger charge is 2.22. The first-order valence-electron chi connectivity index (χ1n) is 8.50. The average molecular weight is 386 g/mol. The van der Waals surface area contributed by atoms with Gasteiger partial charge in [0.25, 0.3) is 5.91 Å². The van der Waals surface area contributed by atoms with E-state index in [-0.39, 0.29) is 12.5 Å². The Morgan fingerprint density at radius 3 is 2.67 bits per heavy atom. The van der Waals surface area contributed by atoms with Gasteiger partial charge in [0, 0.05) is 12.6 Å². The molecule has 2 aromatic carbocycles. The Morgan fingerprint density at radius 1 is 1.22 bits per heavy atom. The SMILES string of the molecule is Cc1ccccc1OC(C)C(=O)N(C)Cc1nc(-c2ccccc2Cl)no1. The van der Waals surface area contributed by atoms with E-state index in [9.17, 15) is 4.79 Å². The van der Waals surface area contributed by atoms with Crippen LogP contribution in [0.3, 0.4) is 0 Å². The van der Waals surface area contributed by atoms with Gasteiger partial charge in [-0.05, 0) is 37.6 Å². The van der Waals surface area contributed by atoms with E-state index in [1.807, 2.05) is 49.4 Å². The second-order valence-corrected chi connectivity index (χ2v) is 6.62. The highest BCUT2D eigenvalue weighted by atomic mass is 35.5. The van der Waals surface area contributed by atoms with E-state index in [4.69, 9.17) is 20.9 Å². The third-order valence-corrected chi connectivity index (χ3v) is 4.41. The highest BCUT2D eigenvalue weighted by Crippen LogP contribution is 2.25. The van der Waals surface area contributed by atoms with Gasteiger partial charge in [-0.2, -0.15) is 4.98 Å². The van der Waals surface area contributed by atoms with Gasteiger partial charge in [0.05, 0.1) is 11.6 Å². The first-order valence-corrected chi connectivity index (χ1v) is 8.88. The summed E-state index contributed by atoms with van der Waals surface area (Å²) in [7, 11) is 1.67. The number of nitrogens with zero attached hydrogens (tertiary/aromatic N) is 3. The molecule has 27 heavy (non-hydrogen) atoms. The van der Waals surface area contributed by atoms with Crippen molar-refractivity contribution in [2.24, 2.45) is 0 Å². The molecular weight excluding hydrogens is 366 g/mol. The van der Waals surface area contributed by atoms with Gasteiger partial charge in [-0.25, -0.2) is 0 Å². The fourth-order valence-corrected chi connectivity index (χ4v) is 2.81. The van der Waals surface area contributed by atoms with Gasteiger partial charge in [-0.3, -0.25) is 4.79 Å². The molecule has 6 nitrogen and oxygen atoms in total. The lowest BCUT2D eigenvalue weighted by molar-refractivity contribution is -0.137. The van der Waals surface area contributed by atoms with Crippen LogP contribution in [-0.2, 0) is 11.3 Å². The number of aromatic nitrogens is 2. The molecule has 0 bridgehead atoms. The molecule has 3 aromatic rings. The Balaban J connectivity index is 1.65. The lowest BCUT2D eigenvalue weighted by atomic mass is 10.2. The molecule has 140 valence electrons. The number of hydrogen-bond acceptors (Lipinski definition) is 5. The van der Waals surface area contributed by atoms with E-state index in [1.54, 1.807) is 20.0 Å². The molecule has 0 N–H and O–H groups in total. The van der Waals surface area contributed by atoms with Crippen molar-refractivity contribution in [1.29, 1.82) is 0 Å². The number of carbonyl (C=O) groups excluding carboxylic acids is 1. The molecule has 1 atom stereocenters. The number of likely N-dealkylation sites (N-methyl/N-ethyl adjacent to an activating group) is 1. The Morgan fingerprint density at radius 2 is 1.93 bits per heavy atom. The van der Waals surface area contributed by atoms with Crippen LogP contribution in [0.2, 0.25) is 5.02 Å². The van der Waals surface area contributed by atoms with E-state index < -0.39 is 6.10 Å². The molecule has 1 aromatic heterocycles. The van der Waals surface area contributed by atoms with Gasteiger partial charge in [0.2, 0.25) is 11.7 Å². The summed E-state index contributed by atoms with van der Waals surface area (Å²) >= 11 is 6.15. The van der Waals surface area contributed by atoms with E-state index in [2.05, 4.69) is 10.1 Å². The van der Waals surface area contributed by atoms with Crippen LogP contribution >= 0.6 is 11.6 Å². The van der Waals surface area contributed by atoms with Crippen LogP contribution in [0.15, 0.2) is 53.1 Å². The summed E-state index contributed by atoms with van der Waals surface area (Å²) in [6.07, 6.45) is -0.637. The van der Waals surface area contributed by atoms with Gasteiger partial charge in [-0.1, -0.05) is 47.1 Å². The third kappa shape index (κ3) is 4.46. The van der Waals surface area contributed by atoms with Gasteiger partial charge in [0.1, 0.15) is 5.75 Å². The minimum atomic E-state index is -0.637. The highest BCUT2D eigenvalue weighted by molar-refractivity contribution is 6.33. The quantitative estimate of drug-likeness (QED) is 0.638. The number of halogens is 1. The molecule has 0 aliphatic carbocycles. The molecule has 1 amide bonds. The minimum Gasteiger partial charge on any atom is -0.481 e. The zero-order chi connectivity index (χ0) is 19.4. The molecule has 0 radical (unpaired) electrons. The second-order valence-electron chi connectivity index (χ2n) is 6.21. The predicted octanol–water partition coefficient (Wildman–Crippen LogP) is 4.12. The Kier molecular flexibility index (Phi) is 5.76. The van der Waals surface area contributed by atoms with Crippen LogP contribution in [0.4, 0.5) is 0 Å². The van der Waals surface area contributed by atoms with Crippen molar-refractivity contribution in [1.82, 2.24) is 15.0 Å². The topological polar surface area (TPSA) is 68.5 Å². The molecule has 0 aliphatic rings. The lowest BCUT2D eigenvalue weighted by Crippen LogP contribution is -2.37. The molecule has 1 unspecified atom stereocenters. The fourth-order valence-electron chi connectivity index (χ4n) is 2.59. The first kappa shape index (κ1) is 18.9. The lowest BCUT2D eigenvalue weighted by Gasteiger charge is -2.21. The molecular formula is C20H20ClN3O3. The number of hydrogen-bond donors (Lipinski definition) is 0. The van der Waals surface area contributed by atoms with Gasteiger partial charge in [-0.15, -0.1) is 0 Å². The number of para-hydroxylation sites is 1. The summed E-state index contributed by atoms with van der Waals surface area (Å²) in [6, 6.07) is 14.8. The van der Waals surface area contributed by atoms with Crippen LogP contribution in [0.5, 0.6) is 5.75 Å². The van der Waals surface area contributed by atoms with E-state index in [0.29, 0.717) is 28.1 Å². The van der Waals surface area contributed by atoms with Crippen molar-refractivity contribution in [2.75, 3.05) is 7.05 Å². The van der Waals surface area contributed by atoms with Crippen LogP contribution in [0.25, 0.3) is 11.4 Å². The normalized spacial score (nSPS) is 11.9. The van der Waals surface area contributed by atoms with E-state index >= 15 is 0 Å². The van der Waals surface area contributed by atoms with Gasteiger partial charge >= 0.3 is 0 Å². The molecule has 0 fully saturated rings. The number of ether oxygens (including phenoxy) is 1. The molecule has 0 saturated carbocycles. The molecule has 1 heterocycles. The standard InChI is InChI=1S/C20H20ClN3O3/c1-13-8-4-7-11-17(13)26-14(2)20(25)24(3)12-18-22-19(23-27-18)15-9-5-6-10-16(15)21/h4-11,14H,12H2,1-3H3. The summed E-state index contributed by atoms with van der Waals surface area (Å²) < 4.78 is 11.0. The molecule has 0 aliphatic heterocycles. The van der Waals surface area contributed by atoms with Gasteiger partial charge in [0.15, 0.2) is 6.10 Å². The molecule has 0 spiro atoms. The Hall–Kier alpha value is -2.86. The third-order valence-electron chi connectivity index (χ3n) is 4.08. The number of amides is 1. The van der Waals surface area contributed by atoms with Crippen molar-refractivity contribution < 1.29 is 14.1 Å². The van der Waals surface area contributed by atoms with Crippen molar-refractivity contribution >= 4 is 17.5 Å². The summed E-state index contributed by atoms with van der Waals surface area (Å²) in [5, 5.41) is 4.48. The van der Waals surface area contributed by atoms with Crippen molar-refractivity contribution in [3.05, 3.63) is 65.0 Å². The summed E-state index contributed by atoms with van der Waals surface area (Å²) in [4.78, 5) is 18.4. The van der Waals surface area contributed by atoms with Crippen LogP contribution in [0, 0.1) is 6.92 Å². The molecule has 3 rings (SSSR count). The summed E-state index contributed by atoms with van der Waals surface area (Å²) in [5.74, 6) is 1.21. The summed E-state index contributed by atoms with van der Waals surface area (Å²) in [5.41, 5.74) is 1.65. The second kappa shape index (κ2) is 8.22. The summed E-state index contributed by atoms with van der Waals surface area (Å²) in [6.45, 7) is 3.83. The van der Waals surface area contributed by atoms with Crippen molar-refractivity contribution in [3.8, 4) is 17.1 Å². The first-order chi connectivity index (χ1) is 13.0. The minimum absolute atomic E-state index is 0.178.